The molecule has 0 saturated carbocycles. The van der Waals surface area contributed by atoms with E-state index in [-0.39, 0.29) is 17.0 Å². The number of fused-ring (bicyclic) bond motifs is 1. The molecular weight excluding hydrogens is 278 g/mol. The summed E-state index contributed by atoms with van der Waals surface area (Å²) >= 11 is 5.77. The number of nitrogens with one attached hydrogen (secondary N) is 1. The van der Waals surface area contributed by atoms with Crippen LogP contribution in [0, 0.1) is 0 Å². The van der Waals surface area contributed by atoms with Crippen LogP contribution in [-0.4, -0.2) is 40.3 Å². The Morgan fingerprint density at radius 1 is 1.45 bits per heavy atom. The van der Waals surface area contributed by atoms with Gasteiger partial charge in [-0.3, -0.25) is 9.59 Å². The van der Waals surface area contributed by atoms with Gasteiger partial charge in [0.2, 0.25) is 5.91 Å². The van der Waals surface area contributed by atoms with Crippen molar-refractivity contribution in [3.8, 4) is 0 Å². The lowest BCUT2D eigenvalue weighted by molar-refractivity contribution is -0.131. The molecule has 2 saturated heterocycles. The number of pyridine rings is 1. The number of nitrogens with zero attached hydrogens (tertiary/aromatic N) is 2. The van der Waals surface area contributed by atoms with E-state index < -0.39 is 6.04 Å². The Morgan fingerprint density at radius 3 is 3.05 bits per heavy atom. The van der Waals surface area contributed by atoms with Crippen molar-refractivity contribution in [2.75, 3.05) is 6.54 Å². The van der Waals surface area contributed by atoms with Gasteiger partial charge in [0.05, 0.1) is 0 Å². The monoisotopic (exact) mass is 293 g/mol. The van der Waals surface area contributed by atoms with Crippen LogP contribution in [0.2, 0.25) is 5.15 Å². The van der Waals surface area contributed by atoms with E-state index in [4.69, 9.17) is 11.6 Å². The predicted molar refractivity (Wildman–Crippen MR) is 74.5 cm³/mol. The summed E-state index contributed by atoms with van der Waals surface area (Å²) in [6, 6.07) is 2.98. The first-order valence-electron chi connectivity index (χ1n) is 6.88. The van der Waals surface area contributed by atoms with Crippen LogP contribution in [0.4, 0.5) is 0 Å². The second kappa shape index (κ2) is 5.40. The van der Waals surface area contributed by atoms with Crippen LogP contribution in [0.5, 0.6) is 0 Å². The minimum absolute atomic E-state index is 0.0446. The van der Waals surface area contributed by atoms with E-state index in [9.17, 15) is 9.59 Å². The van der Waals surface area contributed by atoms with Gasteiger partial charge < -0.3 is 10.2 Å². The maximum atomic E-state index is 12.2. The Bertz CT molecular complexity index is 549. The second-order valence-corrected chi connectivity index (χ2v) is 5.70. The van der Waals surface area contributed by atoms with Gasteiger partial charge in [0.25, 0.3) is 5.91 Å². The molecule has 1 N–H and O–H groups in total. The largest absolute Gasteiger partial charge is 0.340 e. The van der Waals surface area contributed by atoms with E-state index >= 15 is 0 Å². The lowest BCUT2D eigenvalue weighted by atomic mass is 10.0. The quantitative estimate of drug-likeness (QED) is 0.843. The SMILES string of the molecule is O=C(N[C@@H]1C[C@@H]2CCCCN2C1=O)c1ccnc(Cl)c1. The Labute approximate surface area is 122 Å². The van der Waals surface area contributed by atoms with Crippen LogP contribution < -0.4 is 5.32 Å². The fraction of sp³-hybridized carbons (Fsp3) is 0.500. The molecule has 1 aromatic heterocycles. The van der Waals surface area contributed by atoms with Crippen molar-refractivity contribution in [3.63, 3.8) is 0 Å². The van der Waals surface area contributed by atoms with Crippen LogP contribution in [-0.2, 0) is 4.79 Å². The minimum Gasteiger partial charge on any atom is -0.340 e. The average Bonchev–Trinajstić information content (AvgIpc) is 2.76. The number of amides is 2. The maximum Gasteiger partial charge on any atom is 0.252 e. The number of rotatable bonds is 2. The van der Waals surface area contributed by atoms with Crippen molar-refractivity contribution < 1.29 is 9.59 Å². The minimum atomic E-state index is -0.405. The van der Waals surface area contributed by atoms with Crippen molar-refractivity contribution in [1.82, 2.24) is 15.2 Å². The van der Waals surface area contributed by atoms with Crippen molar-refractivity contribution in [2.45, 2.75) is 37.8 Å². The molecule has 1 aromatic rings. The van der Waals surface area contributed by atoms with Crippen molar-refractivity contribution in [3.05, 3.63) is 29.0 Å². The number of carbonyl (C=O) groups excluding carboxylic acids is 2. The lowest BCUT2D eigenvalue weighted by Crippen LogP contribution is -2.43. The zero-order valence-electron chi connectivity index (χ0n) is 11.0. The number of aromatic nitrogens is 1. The number of carbonyl (C=O) groups is 2. The zero-order valence-corrected chi connectivity index (χ0v) is 11.8. The summed E-state index contributed by atoms with van der Waals surface area (Å²) in [5.74, 6) is -0.226. The molecule has 2 aliphatic heterocycles. The Hall–Kier alpha value is -1.62. The van der Waals surface area contributed by atoms with Crippen molar-refractivity contribution >= 4 is 23.4 Å². The van der Waals surface area contributed by atoms with E-state index in [0.29, 0.717) is 18.0 Å². The molecule has 0 aromatic carbocycles. The number of hydrogen-bond donors (Lipinski definition) is 1. The Morgan fingerprint density at radius 2 is 2.30 bits per heavy atom. The number of halogens is 1. The third-order valence-corrected chi connectivity index (χ3v) is 4.22. The number of hydrogen-bond acceptors (Lipinski definition) is 3. The molecule has 2 atom stereocenters. The van der Waals surface area contributed by atoms with Gasteiger partial charge in [0, 0.05) is 24.3 Å². The molecule has 0 bridgehead atoms. The molecule has 0 spiro atoms. The summed E-state index contributed by atoms with van der Waals surface area (Å²) in [4.78, 5) is 30.1. The normalized spacial score (nSPS) is 25.4. The molecule has 2 aliphatic rings. The van der Waals surface area contributed by atoms with Crippen LogP contribution in [0.25, 0.3) is 0 Å². The smallest absolute Gasteiger partial charge is 0.252 e. The molecule has 2 amide bonds. The Kier molecular flexibility index (Phi) is 3.61. The van der Waals surface area contributed by atoms with Crippen molar-refractivity contribution in [1.29, 1.82) is 0 Å². The highest BCUT2D eigenvalue weighted by atomic mass is 35.5. The summed E-state index contributed by atoms with van der Waals surface area (Å²) in [5, 5.41) is 3.08. The Balaban J connectivity index is 1.69. The molecule has 106 valence electrons. The summed E-state index contributed by atoms with van der Waals surface area (Å²) in [6.45, 7) is 0.816. The predicted octanol–water partition coefficient (Wildman–Crippen LogP) is 1.62. The third kappa shape index (κ3) is 2.50. The fourth-order valence-electron chi connectivity index (χ4n) is 3.01. The molecule has 0 unspecified atom stereocenters. The first-order valence-corrected chi connectivity index (χ1v) is 7.26. The van der Waals surface area contributed by atoms with Crippen molar-refractivity contribution in [2.24, 2.45) is 0 Å². The summed E-state index contributed by atoms with van der Waals surface area (Å²) in [7, 11) is 0. The molecule has 3 heterocycles. The fourth-order valence-corrected chi connectivity index (χ4v) is 3.19. The first kappa shape index (κ1) is 13.4. The van der Waals surface area contributed by atoms with Gasteiger partial charge in [-0.25, -0.2) is 4.98 Å². The molecule has 5 nitrogen and oxygen atoms in total. The topological polar surface area (TPSA) is 62.3 Å². The standard InChI is InChI=1S/C14H16ClN3O2/c15-12-7-9(4-5-16-12)13(19)17-11-8-10-3-1-2-6-18(10)14(11)20/h4-5,7,10-11H,1-3,6,8H2,(H,17,19)/t10-,11+/m0/s1. The third-order valence-electron chi connectivity index (χ3n) is 4.01. The van der Waals surface area contributed by atoms with Gasteiger partial charge in [0.1, 0.15) is 11.2 Å². The van der Waals surface area contributed by atoms with Gasteiger partial charge >= 0.3 is 0 Å². The molecule has 3 rings (SSSR count). The first-order chi connectivity index (χ1) is 9.65. The molecule has 6 heteroatoms. The molecule has 0 aliphatic carbocycles. The van der Waals surface area contributed by atoms with E-state index in [0.717, 1.165) is 25.8 Å². The van der Waals surface area contributed by atoms with E-state index in [1.165, 1.54) is 12.3 Å². The van der Waals surface area contributed by atoms with Gasteiger partial charge in [-0.15, -0.1) is 0 Å². The highest BCUT2D eigenvalue weighted by Gasteiger charge is 2.41. The zero-order chi connectivity index (χ0) is 14.1. The summed E-state index contributed by atoms with van der Waals surface area (Å²) in [5.41, 5.74) is 0.433. The average molecular weight is 294 g/mol. The van der Waals surface area contributed by atoms with Gasteiger partial charge in [-0.1, -0.05) is 11.6 Å². The summed E-state index contributed by atoms with van der Waals surface area (Å²) in [6.07, 6.45) is 5.46. The maximum absolute atomic E-state index is 12.2. The van der Waals surface area contributed by atoms with Crippen LogP contribution in [0.3, 0.4) is 0 Å². The van der Waals surface area contributed by atoms with Gasteiger partial charge in [-0.2, -0.15) is 0 Å². The van der Waals surface area contributed by atoms with E-state index in [1.807, 2.05) is 4.90 Å². The van der Waals surface area contributed by atoms with Gasteiger partial charge in [-0.05, 0) is 37.8 Å². The molecular formula is C14H16ClN3O2. The highest BCUT2D eigenvalue weighted by Crippen LogP contribution is 2.28. The van der Waals surface area contributed by atoms with Crippen LogP contribution in [0.1, 0.15) is 36.0 Å². The highest BCUT2D eigenvalue weighted by molar-refractivity contribution is 6.29. The number of piperidine rings is 1. The molecule has 2 fully saturated rings. The van der Waals surface area contributed by atoms with E-state index in [1.54, 1.807) is 6.07 Å². The molecule has 20 heavy (non-hydrogen) atoms. The van der Waals surface area contributed by atoms with Crippen LogP contribution >= 0.6 is 11.6 Å². The van der Waals surface area contributed by atoms with E-state index in [2.05, 4.69) is 10.3 Å². The molecule has 0 radical (unpaired) electrons. The van der Waals surface area contributed by atoms with Crippen LogP contribution in [0.15, 0.2) is 18.3 Å². The lowest BCUT2D eigenvalue weighted by Gasteiger charge is -2.28. The summed E-state index contributed by atoms with van der Waals surface area (Å²) < 4.78 is 0. The van der Waals surface area contributed by atoms with Gasteiger partial charge in [0.15, 0.2) is 0 Å². The second-order valence-electron chi connectivity index (χ2n) is 5.31.